The number of aliphatic hydroxyl groups excluding tert-OH is 1. The standard InChI is InChI=1S/C11H21NO5/c1-8(13)5-9(14)11(17,6-10(15)16)7-12(2,3)4/h8,13,17H,5-7H2,1-4H3/p+1. The van der Waals surface area contributed by atoms with Crippen molar-refractivity contribution in [2.45, 2.75) is 31.5 Å². The van der Waals surface area contributed by atoms with Crippen LogP contribution >= 0.6 is 0 Å². The van der Waals surface area contributed by atoms with Crippen molar-refractivity contribution in [2.24, 2.45) is 0 Å². The zero-order chi connectivity index (χ0) is 13.9. The minimum atomic E-state index is -1.93. The van der Waals surface area contributed by atoms with Gasteiger partial charge in [0.15, 0.2) is 11.4 Å². The molecule has 6 heteroatoms. The molecular formula is C11H22NO5+. The van der Waals surface area contributed by atoms with Crippen molar-refractivity contribution in [1.82, 2.24) is 0 Å². The Morgan fingerprint density at radius 3 is 2.06 bits per heavy atom. The Morgan fingerprint density at radius 2 is 1.76 bits per heavy atom. The first-order chi connectivity index (χ1) is 7.46. The van der Waals surface area contributed by atoms with Gasteiger partial charge in [0, 0.05) is 6.42 Å². The maximum Gasteiger partial charge on any atom is 0.306 e. The fourth-order valence-corrected chi connectivity index (χ4v) is 1.74. The molecule has 17 heavy (non-hydrogen) atoms. The van der Waals surface area contributed by atoms with Gasteiger partial charge in [-0.1, -0.05) is 0 Å². The Labute approximate surface area is 101 Å². The van der Waals surface area contributed by atoms with Gasteiger partial charge < -0.3 is 19.8 Å². The second-order valence-electron chi connectivity index (χ2n) is 5.53. The largest absolute Gasteiger partial charge is 0.481 e. The number of aliphatic carboxylic acids is 1. The first-order valence-corrected chi connectivity index (χ1v) is 5.42. The van der Waals surface area contributed by atoms with E-state index in [1.54, 1.807) is 21.1 Å². The maximum absolute atomic E-state index is 11.8. The summed E-state index contributed by atoms with van der Waals surface area (Å²) in [5.74, 6) is -1.87. The van der Waals surface area contributed by atoms with Crippen LogP contribution < -0.4 is 0 Å². The number of hydrogen-bond acceptors (Lipinski definition) is 4. The summed E-state index contributed by atoms with van der Waals surface area (Å²) in [5, 5.41) is 28.1. The first-order valence-electron chi connectivity index (χ1n) is 5.42. The van der Waals surface area contributed by atoms with Crippen LogP contribution in [0.2, 0.25) is 0 Å². The number of likely N-dealkylation sites (N-methyl/N-ethyl adjacent to an activating group) is 1. The maximum atomic E-state index is 11.8. The third kappa shape index (κ3) is 6.35. The molecule has 6 nitrogen and oxygen atoms in total. The predicted octanol–water partition coefficient (Wildman–Crippen LogP) is -0.762. The average molecular weight is 248 g/mol. The van der Waals surface area contributed by atoms with E-state index < -0.39 is 29.9 Å². The Hall–Kier alpha value is -0.980. The van der Waals surface area contributed by atoms with E-state index in [1.807, 2.05) is 0 Å². The van der Waals surface area contributed by atoms with Crippen molar-refractivity contribution in [1.29, 1.82) is 0 Å². The summed E-state index contributed by atoms with van der Waals surface area (Å²) in [5.41, 5.74) is -1.93. The molecule has 0 spiro atoms. The normalized spacial score (nSPS) is 17.3. The third-order valence-electron chi connectivity index (χ3n) is 2.18. The van der Waals surface area contributed by atoms with Crippen LogP contribution in [0.3, 0.4) is 0 Å². The van der Waals surface area contributed by atoms with Gasteiger partial charge in [0.05, 0.1) is 33.7 Å². The molecule has 2 unspecified atom stereocenters. The summed E-state index contributed by atoms with van der Waals surface area (Å²) in [7, 11) is 5.26. The van der Waals surface area contributed by atoms with Crippen LogP contribution in [0.5, 0.6) is 0 Å². The highest BCUT2D eigenvalue weighted by molar-refractivity contribution is 5.91. The summed E-state index contributed by atoms with van der Waals surface area (Å²) in [6.07, 6.45) is -1.78. The van der Waals surface area contributed by atoms with E-state index in [1.165, 1.54) is 6.92 Å². The number of nitrogens with zero attached hydrogens (tertiary/aromatic N) is 1. The van der Waals surface area contributed by atoms with Crippen molar-refractivity contribution in [3.63, 3.8) is 0 Å². The fourth-order valence-electron chi connectivity index (χ4n) is 1.74. The van der Waals surface area contributed by atoms with Crippen molar-refractivity contribution in [3.05, 3.63) is 0 Å². The Kier molecular flexibility index (Phi) is 5.25. The van der Waals surface area contributed by atoms with Crippen molar-refractivity contribution in [2.75, 3.05) is 27.7 Å². The van der Waals surface area contributed by atoms with Gasteiger partial charge in [-0.2, -0.15) is 0 Å². The lowest BCUT2D eigenvalue weighted by Crippen LogP contribution is -2.55. The highest BCUT2D eigenvalue weighted by atomic mass is 16.4. The van der Waals surface area contributed by atoms with Crippen LogP contribution in [0.25, 0.3) is 0 Å². The van der Waals surface area contributed by atoms with E-state index in [-0.39, 0.29) is 17.4 Å². The minimum absolute atomic E-state index is 0.00907. The number of hydrogen-bond donors (Lipinski definition) is 3. The molecule has 3 N–H and O–H groups in total. The van der Waals surface area contributed by atoms with E-state index in [2.05, 4.69) is 0 Å². The lowest BCUT2D eigenvalue weighted by Gasteiger charge is -2.33. The molecule has 0 aliphatic heterocycles. The average Bonchev–Trinajstić information content (AvgIpc) is 1.96. The van der Waals surface area contributed by atoms with Crippen LogP contribution in [0, 0.1) is 0 Å². The number of ketones is 1. The van der Waals surface area contributed by atoms with Gasteiger partial charge in [-0.15, -0.1) is 0 Å². The van der Waals surface area contributed by atoms with E-state index >= 15 is 0 Å². The third-order valence-corrected chi connectivity index (χ3v) is 2.18. The summed E-state index contributed by atoms with van der Waals surface area (Å²) < 4.78 is 0.259. The van der Waals surface area contributed by atoms with Crippen LogP contribution in [0.1, 0.15) is 19.8 Å². The fraction of sp³-hybridized carbons (Fsp3) is 0.818. The van der Waals surface area contributed by atoms with E-state index in [0.717, 1.165) is 0 Å². The lowest BCUT2D eigenvalue weighted by molar-refractivity contribution is -0.875. The second kappa shape index (κ2) is 5.57. The van der Waals surface area contributed by atoms with Crippen LogP contribution in [0.4, 0.5) is 0 Å². The molecule has 0 heterocycles. The molecule has 0 aromatic carbocycles. The quantitative estimate of drug-likeness (QED) is 0.515. The van der Waals surface area contributed by atoms with Crippen LogP contribution in [-0.2, 0) is 9.59 Å². The molecule has 0 fully saturated rings. The molecule has 0 aromatic rings. The molecule has 0 saturated heterocycles. The highest BCUT2D eigenvalue weighted by Crippen LogP contribution is 2.18. The van der Waals surface area contributed by atoms with Gasteiger partial charge in [-0.25, -0.2) is 0 Å². The second-order valence-corrected chi connectivity index (χ2v) is 5.53. The van der Waals surface area contributed by atoms with Crippen molar-refractivity contribution in [3.8, 4) is 0 Å². The zero-order valence-corrected chi connectivity index (χ0v) is 10.8. The number of quaternary nitrogens is 1. The van der Waals surface area contributed by atoms with E-state index in [0.29, 0.717) is 0 Å². The number of carboxylic acids is 1. The predicted molar refractivity (Wildman–Crippen MR) is 61.4 cm³/mol. The number of carbonyl (C=O) groups is 2. The summed E-state index contributed by atoms with van der Waals surface area (Å²) in [6.45, 7) is 1.41. The molecule has 0 aromatic heterocycles. The molecule has 0 saturated carbocycles. The lowest BCUT2D eigenvalue weighted by atomic mass is 9.90. The molecule has 100 valence electrons. The molecular weight excluding hydrogens is 226 g/mol. The van der Waals surface area contributed by atoms with Crippen LogP contribution in [0.15, 0.2) is 0 Å². The van der Waals surface area contributed by atoms with Crippen molar-refractivity contribution >= 4 is 11.8 Å². The minimum Gasteiger partial charge on any atom is -0.481 e. The van der Waals surface area contributed by atoms with Gasteiger partial charge in [0.25, 0.3) is 0 Å². The number of carboxylic acid groups (broad SMARTS) is 1. The van der Waals surface area contributed by atoms with Gasteiger partial charge in [0.2, 0.25) is 0 Å². The zero-order valence-electron chi connectivity index (χ0n) is 10.8. The van der Waals surface area contributed by atoms with Gasteiger partial charge >= 0.3 is 5.97 Å². The highest BCUT2D eigenvalue weighted by Gasteiger charge is 2.43. The summed E-state index contributed by atoms with van der Waals surface area (Å²) in [6, 6.07) is 0. The molecule has 2 atom stereocenters. The molecule has 0 amide bonds. The van der Waals surface area contributed by atoms with Gasteiger partial charge in [-0.05, 0) is 6.92 Å². The van der Waals surface area contributed by atoms with Crippen molar-refractivity contribution < 1.29 is 29.4 Å². The Morgan fingerprint density at radius 1 is 1.29 bits per heavy atom. The van der Waals surface area contributed by atoms with Gasteiger partial charge in [0.1, 0.15) is 6.54 Å². The van der Waals surface area contributed by atoms with Gasteiger partial charge in [-0.3, -0.25) is 9.59 Å². The van der Waals surface area contributed by atoms with E-state index in [9.17, 15) is 14.7 Å². The number of aliphatic hydroxyl groups is 2. The number of Topliss-reactive ketones (excluding diaryl/α,β-unsaturated/α-hetero) is 1. The number of carbonyl (C=O) groups excluding carboxylic acids is 1. The first kappa shape index (κ1) is 16.0. The smallest absolute Gasteiger partial charge is 0.306 e. The molecule has 0 rings (SSSR count). The Bertz CT molecular complexity index is 295. The summed E-state index contributed by atoms with van der Waals surface area (Å²) in [4.78, 5) is 22.5. The SMILES string of the molecule is CC(O)CC(=O)C(O)(CC(=O)O)C[N+](C)(C)C. The molecule has 0 radical (unpaired) electrons. The monoisotopic (exact) mass is 248 g/mol. The Balaban J connectivity index is 4.96. The van der Waals surface area contributed by atoms with E-state index in [4.69, 9.17) is 10.2 Å². The molecule has 0 aliphatic carbocycles. The number of rotatable bonds is 7. The molecule has 0 aliphatic rings. The summed E-state index contributed by atoms with van der Waals surface area (Å²) >= 11 is 0. The van der Waals surface area contributed by atoms with Crippen LogP contribution in [-0.4, -0.2) is 70.9 Å². The topological polar surface area (TPSA) is 94.8 Å². The molecule has 0 bridgehead atoms.